The van der Waals surface area contributed by atoms with Gasteiger partial charge in [0.2, 0.25) is 0 Å². The molecule has 0 saturated heterocycles. The molecular weight excluding hydrogens is 382 g/mol. The van der Waals surface area contributed by atoms with Crippen molar-refractivity contribution in [1.29, 1.82) is 0 Å². The van der Waals surface area contributed by atoms with E-state index in [0.717, 1.165) is 24.1 Å². The van der Waals surface area contributed by atoms with Crippen LogP contribution in [0.1, 0.15) is 52.4 Å². The lowest BCUT2D eigenvalue weighted by molar-refractivity contribution is 0.0526. The first-order valence-corrected chi connectivity index (χ1v) is 10.9. The van der Waals surface area contributed by atoms with Crippen molar-refractivity contribution < 1.29 is 9.53 Å². The predicted octanol–water partition coefficient (Wildman–Crippen LogP) is 5.08. The average molecular weight is 410 g/mol. The molecule has 1 aliphatic rings. The third-order valence-corrected chi connectivity index (χ3v) is 5.65. The molecule has 1 aliphatic carbocycles. The SMILES string of the molecule is CCOC(=O)c1ccc(C#Cc2ccc(C3(NCCc4ccccc4)CC3)cc2)cc1. The summed E-state index contributed by atoms with van der Waals surface area (Å²) in [4.78, 5) is 11.7. The number of rotatable bonds is 7. The van der Waals surface area contributed by atoms with Crippen LogP contribution in [0.5, 0.6) is 0 Å². The fourth-order valence-electron chi connectivity index (χ4n) is 3.70. The number of carbonyl (C=O) groups excluding carboxylic acids is 1. The predicted molar refractivity (Wildman–Crippen MR) is 124 cm³/mol. The van der Waals surface area contributed by atoms with Gasteiger partial charge in [-0.1, -0.05) is 54.3 Å². The minimum Gasteiger partial charge on any atom is -0.462 e. The van der Waals surface area contributed by atoms with Gasteiger partial charge in [0.1, 0.15) is 0 Å². The molecule has 31 heavy (non-hydrogen) atoms. The molecule has 3 aromatic carbocycles. The summed E-state index contributed by atoms with van der Waals surface area (Å²) in [5.41, 5.74) is 5.24. The zero-order valence-corrected chi connectivity index (χ0v) is 17.9. The zero-order valence-electron chi connectivity index (χ0n) is 17.9. The maximum atomic E-state index is 11.7. The maximum absolute atomic E-state index is 11.7. The number of esters is 1. The smallest absolute Gasteiger partial charge is 0.338 e. The molecular formula is C28H27NO2. The highest BCUT2D eigenvalue weighted by Gasteiger charge is 2.43. The Morgan fingerprint density at radius 3 is 2.10 bits per heavy atom. The lowest BCUT2D eigenvalue weighted by Gasteiger charge is -2.18. The minimum atomic E-state index is -0.302. The van der Waals surface area contributed by atoms with Crippen molar-refractivity contribution >= 4 is 5.97 Å². The second-order valence-electron chi connectivity index (χ2n) is 7.87. The number of hydrogen-bond acceptors (Lipinski definition) is 3. The van der Waals surface area contributed by atoms with E-state index in [1.54, 1.807) is 19.1 Å². The van der Waals surface area contributed by atoms with Gasteiger partial charge in [-0.25, -0.2) is 4.79 Å². The van der Waals surface area contributed by atoms with Gasteiger partial charge in [0.15, 0.2) is 0 Å². The quantitative estimate of drug-likeness (QED) is 0.437. The van der Waals surface area contributed by atoms with Gasteiger partial charge in [-0.2, -0.15) is 0 Å². The number of hydrogen-bond donors (Lipinski definition) is 1. The Morgan fingerprint density at radius 1 is 0.903 bits per heavy atom. The number of nitrogens with one attached hydrogen (secondary N) is 1. The van der Waals surface area contributed by atoms with Crippen LogP contribution in [0.25, 0.3) is 0 Å². The summed E-state index contributed by atoms with van der Waals surface area (Å²) in [6, 6.07) is 26.4. The van der Waals surface area contributed by atoms with Gasteiger partial charge in [0.05, 0.1) is 12.2 Å². The van der Waals surface area contributed by atoms with Crippen LogP contribution in [0.4, 0.5) is 0 Å². The van der Waals surface area contributed by atoms with E-state index in [2.05, 4.69) is 71.8 Å². The molecule has 3 nitrogen and oxygen atoms in total. The summed E-state index contributed by atoms with van der Waals surface area (Å²) in [5.74, 6) is 6.08. The standard InChI is InChI=1S/C28H27NO2/c1-2-31-27(30)25-14-10-23(11-15-25)8-9-24-12-16-26(17-13-24)28(19-20-28)29-21-18-22-6-4-3-5-7-22/h3-7,10-17,29H,2,18-21H2,1H3. The third kappa shape index (κ3) is 5.42. The lowest BCUT2D eigenvalue weighted by atomic mass is 10.0. The van der Waals surface area contributed by atoms with E-state index < -0.39 is 0 Å². The average Bonchev–Trinajstić information content (AvgIpc) is 3.60. The topological polar surface area (TPSA) is 38.3 Å². The van der Waals surface area contributed by atoms with Crippen molar-refractivity contribution in [2.75, 3.05) is 13.2 Å². The fraction of sp³-hybridized carbons (Fsp3) is 0.250. The first-order chi connectivity index (χ1) is 15.2. The molecule has 0 spiro atoms. The van der Waals surface area contributed by atoms with E-state index in [1.165, 1.54) is 24.0 Å². The molecule has 0 aliphatic heterocycles. The summed E-state index contributed by atoms with van der Waals surface area (Å²) in [7, 11) is 0. The van der Waals surface area contributed by atoms with Crippen LogP contribution < -0.4 is 5.32 Å². The number of ether oxygens (including phenoxy) is 1. The molecule has 156 valence electrons. The van der Waals surface area contributed by atoms with Crippen molar-refractivity contribution in [1.82, 2.24) is 5.32 Å². The molecule has 0 radical (unpaired) electrons. The molecule has 0 bridgehead atoms. The van der Waals surface area contributed by atoms with Crippen molar-refractivity contribution in [3.05, 3.63) is 107 Å². The highest BCUT2D eigenvalue weighted by Crippen LogP contribution is 2.45. The van der Waals surface area contributed by atoms with Crippen molar-refractivity contribution in [3.8, 4) is 11.8 Å². The molecule has 0 heterocycles. The fourth-order valence-corrected chi connectivity index (χ4v) is 3.70. The Labute approximate surface area is 184 Å². The molecule has 0 unspecified atom stereocenters. The normalized spacial score (nSPS) is 13.7. The Morgan fingerprint density at radius 2 is 1.52 bits per heavy atom. The van der Waals surface area contributed by atoms with Crippen LogP contribution in [0.15, 0.2) is 78.9 Å². The molecule has 1 fully saturated rings. The molecule has 1 N–H and O–H groups in total. The van der Waals surface area contributed by atoms with Crippen LogP contribution in [-0.4, -0.2) is 19.1 Å². The molecule has 0 amide bonds. The van der Waals surface area contributed by atoms with Gasteiger partial charge in [-0.15, -0.1) is 0 Å². The first kappa shape index (κ1) is 20.9. The summed E-state index contributed by atoms with van der Waals surface area (Å²) in [6.45, 7) is 3.16. The zero-order chi connectivity index (χ0) is 21.5. The summed E-state index contributed by atoms with van der Waals surface area (Å²) in [5, 5.41) is 3.76. The van der Waals surface area contributed by atoms with Crippen molar-refractivity contribution in [2.45, 2.75) is 31.7 Å². The molecule has 0 aromatic heterocycles. The van der Waals surface area contributed by atoms with Crippen LogP contribution in [-0.2, 0) is 16.7 Å². The van der Waals surface area contributed by atoms with Gasteiger partial charge in [-0.05, 0) is 80.3 Å². The molecule has 3 aromatic rings. The van der Waals surface area contributed by atoms with Crippen LogP contribution in [0.3, 0.4) is 0 Å². The Bertz CT molecular complexity index is 1070. The highest BCUT2D eigenvalue weighted by atomic mass is 16.5. The van der Waals surface area contributed by atoms with Crippen LogP contribution in [0.2, 0.25) is 0 Å². The summed E-state index contributed by atoms with van der Waals surface area (Å²) in [6.07, 6.45) is 3.40. The van der Waals surface area contributed by atoms with E-state index in [0.29, 0.717) is 12.2 Å². The van der Waals surface area contributed by atoms with Crippen LogP contribution in [0, 0.1) is 11.8 Å². The second-order valence-corrected chi connectivity index (χ2v) is 7.87. The van der Waals surface area contributed by atoms with Gasteiger partial charge in [-0.3, -0.25) is 0 Å². The van der Waals surface area contributed by atoms with E-state index in [9.17, 15) is 4.79 Å². The Kier molecular flexibility index (Phi) is 6.50. The molecule has 3 heteroatoms. The van der Waals surface area contributed by atoms with Crippen LogP contribution >= 0.6 is 0 Å². The maximum Gasteiger partial charge on any atom is 0.338 e. The monoisotopic (exact) mass is 409 g/mol. The molecule has 4 rings (SSSR count). The van der Waals surface area contributed by atoms with Gasteiger partial charge < -0.3 is 10.1 Å². The molecule has 1 saturated carbocycles. The van der Waals surface area contributed by atoms with Crippen molar-refractivity contribution in [2.24, 2.45) is 0 Å². The van der Waals surface area contributed by atoms with Gasteiger partial charge in [0, 0.05) is 16.7 Å². The van der Waals surface area contributed by atoms with E-state index >= 15 is 0 Å². The van der Waals surface area contributed by atoms with E-state index in [-0.39, 0.29) is 11.5 Å². The van der Waals surface area contributed by atoms with Gasteiger partial charge >= 0.3 is 5.97 Å². The highest BCUT2D eigenvalue weighted by molar-refractivity contribution is 5.89. The Balaban J connectivity index is 1.35. The summed E-state index contributed by atoms with van der Waals surface area (Å²) < 4.78 is 5.01. The Hall–Kier alpha value is -3.35. The largest absolute Gasteiger partial charge is 0.462 e. The number of benzene rings is 3. The number of carbonyl (C=O) groups is 1. The lowest BCUT2D eigenvalue weighted by Crippen LogP contribution is -2.30. The van der Waals surface area contributed by atoms with E-state index in [1.807, 2.05) is 12.1 Å². The molecule has 0 atom stereocenters. The first-order valence-electron chi connectivity index (χ1n) is 10.9. The minimum absolute atomic E-state index is 0.129. The third-order valence-electron chi connectivity index (χ3n) is 5.65. The van der Waals surface area contributed by atoms with Crippen molar-refractivity contribution in [3.63, 3.8) is 0 Å². The van der Waals surface area contributed by atoms with Gasteiger partial charge in [0.25, 0.3) is 0 Å². The summed E-state index contributed by atoms with van der Waals surface area (Å²) >= 11 is 0. The van der Waals surface area contributed by atoms with E-state index in [4.69, 9.17) is 4.74 Å². The second kappa shape index (κ2) is 9.64.